The van der Waals surface area contributed by atoms with Crippen LogP contribution in [0.4, 0.5) is 5.82 Å². The van der Waals surface area contributed by atoms with Gasteiger partial charge in [0.25, 0.3) is 0 Å². The third-order valence-corrected chi connectivity index (χ3v) is 3.12. The first-order valence-corrected chi connectivity index (χ1v) is 6.01. The van der Waals surface area contributed by atoms with Crippen LogP contribution in [0.25, 0.3) is 0 Å². The van der Waals surface area contributed by atoms with Crippen LogP contribution in [-0.4, -0.2) is 23.6 Å². The van der Waals surface area contributed by atoms with Gasteiger partial charge >= 0.3 is 0 Å². The fourth-order valence-corrected chi connectivity index (χ4v) is 2.12. The molecule has 1 aliphatic rings. The summed E-state index contributed by atoms with van der Waals surface area (Å²) < 4.78 is 6.07. The van der Waals surface area contributed by atoms with Crippen LogP contribution < -0.4 is 5.32 Å². The van der Waals surface area contributed by atoms with Crippen molar-refractivity contribution >= 4 is 27.7 Å². The van der Waals surface area contributed by atoms with E-state index in [-0.39, 0.29) is 17.9 Å². The van der Waals surface area contributed by atoms with Crippen LogP contribution >= 0.6 is 15.9 Å². The highest BCUT2D eigenvalue weighted by molar-refractivity contribution is 9.10. The minimum atomic E-state index is -0.0687. The van der Waals surface area contributed by atoms with Crippen LogP contribution in [0.5, 0.6) is 0 Å². The molecule has 2 atom stereocenters. The van der Waals surface area contributed by atoms with Crippen LogP contribution in [0.3, 0.4) is 0 Å². The van der Waals surface area contributed by atoms with Crippen molar-refractivity contribution in [1.82, 2.24) is 4.98 Å². The zero-order chi connectivity index (χ0) is 11.5. The maximum atomic E-state index is 11.9. The Balaban J connectivity index is 2.02. The Labute approximate surface area is 103 Å². The fourth-order valence-electron chi connectivity index (χ4n) is 1.77. The van der Waals surface area contributed by atoms with Crippen molar-refractivity contribution in [2.45, 2.75) is 19.4 Å². The lowest BCUT2D eigenvalue weighted by Crippen LogP contribution is -2.28. The topological polar surface area (TPSA) is 51.2 Å². The molecule has 1 saturated heterocycles. The molecule has 4 nitrogen and oxygen atoms in total. The van der Waals surface area contributed by atoms with Gasteiger partial charge in [0.15, 0.2) is 0 Å². The van der Waals surface area contributed by atoms with Gasteiger partial charge in [0.1, 0.15) is 10.4 Å². The number of amides is 1. The van der Waals surface area contributed by atoms with Gasteiger partial charge in [0, 0.05) is 6.61 Å². The number of pyridine rings is 1. The number of carbonyl (C=O) groups is 1. The molecule has 86 valence electrons. The van der Waals surface area contributed by atoms with Crippen LogP contribution in [0.1, 0.15) is 13.3 Å². The van der Waals surface area contributed by atoms with E-state index in [2.05, 4.69) is 26.2 Å². The van der Waals surface area contributed by atoms with E-state index >= 15 is 0 Å². The van der Waals surface area contributed by atoms with E-state index in [1.54, 1.807) is 6.07 Å². The van der Waals surface area contributed by atoms with Gasteiger partial charge in [-0.05, 0) is 41.4 Å². The molecular weight excluding hydrogens is 272 g/mol. The molecule has 0 bridgehead atoms. The quantitative estimate of drug-likeness (QED) is 0.848. The van der Waals surface area contributed by atoms with Crippen molar-refractivity contribution < 1.29 is 9.53 Å². The number of ether oxygens (including phenoxy) is 1. The summed E-state index contributed by atoms with van der Waals surface area (Å²) in [4.78, 5) is 16.0. The van der Waals surface area contributed by atoms with Crippen molar-refractivity contribution in [2.75, 3.05) is 11.9 Å². The molecule has 1 aromatic rings. The third kappa shape index (κ3) is 2.59. The first-order chi connectivity index (χ1) is 7.66. The second-order valence-corrected chi connectivity index (χ2v) is 4.62. The van der Waals surface area contributed by atoms with Gasteiger partial charge in [-0.15, -0.1) is 0 Å². The molecule has 1 fully saturated rings. The van der Waals surface area contributed by atoms with Gasteiger partial charge in [0.2, 0.25) is 5.91 Å². The van der Waals surface area contributed by atoms with Crippen LogP contribution in [0, 0.1) is 5.92 Å². The molecule has 1 aliphatic heterocycles. The van der Waals surface area contributed by atoms with Gasteiger partial charge in [-0.1, -0.05) is 6.07 Å². The number of carbonyl (C=O) groups excluding carboxylic acids is 1. The highest BCUT2D eigenvalue weighted by Gasteiger charge is 2.30. The molecule has 0 aromatic carbocycles. The van der Waals surface area contributed by atoms with Gasteiger partial charge in [-0.2, -0.15) is 0 Å². The molecule has 1 amide bonds. The van der Waals surface area contributed by atoms with E-state index in [0.717, 1.165) is 6.42 Å². The second kappa shape index (κ2) is 4.93. The Bertz CT molecular complexity index is 397. The number of aromatic nitrogens is 1. The molecule has 2 unspecified atom stereocenters. The number of nitrogens with zero attached hydrogens (tertiary/aromatic N) is 1. The monoisotopic (exact) mass is 284 g/mol. The first kappa shape index (κ1) is 11.5. The maximum absolute atomic E-state index is 11.9. The predicted molar refractivity (Wildman–Crippen MR) is 64.1 cm³/mol. The molecule has 5 heteroatoms. The summed E-state index contributed by atoms with van der Waals surface area (Å²) in [5, 5.41) is 2.80. The molecule has 1 aromatic heterocycles. The molecule has 16 heavy (non-hydrogen) atoms. The Morgan fingerprint density at radius 2 is 2.44 bits per heavy atom. The fraction of sp³-hybridized carbons (Fsp3) is 0.455. The molecular formula is C11H13BrN2O2. The highest BCUT2D eigenvalue weighted by atomic mass is 79.9. The second-order valence-electron chi connectivity index (χ2n) is 3.81. The zero-order valence-corrected chi connectivity index (χ0v) is 10.5. The lowest BCUT2D eigenvalue weighted by Gasteiger charge is -2.13. The Kier molecular flexibility index (Phi) is 3.56. The van der Waals surface area contributed by atoms with Crippen LogP contribution in [-0.2, 0) is 9.53 Å². The largest absolute Gasteiger partial charge is 0.378 e. The average Bonchev–Trinajstić information content (AvgIpc) is 2.64. The van der Waals surface area contributed by atoms with Gasteiger partial charge in [0.05, 0.1) is 12.0 Å². The van der Waals surface area contributed by atoms with Crippen molar-refractivity contribution in [3.05, 3.63) is 22.8 Å². The van der Waals surface area contributed by atoms with Gasteiger partial charge in [-0.25, -0.2) is 4.98 Å². The molecule has 2 rings (SSSR count). The number of anilines is 1. The summed E-state index contributed by atoms with van der Waals surface area (Å²) in [5.74, 6) is 0.481. The Hall–Kier alpha value is -0.940. The van der Waals surface area contributed by atoms with Gasteiger partial charge in [-0.3, -0.25) is 4.79 Å². The summed E-state index contributed by atoms with van der Waals surface area (Å²) in [5.41, 5.74) is 0. The lowest BCUT2D eigenvalue weighted by atomic mass is 10.0. The average molecular weight is 285 g/mol. The molecule has 1 N–H and O–H groups in total. The summed E-state index contributed by atoms with van der Waals surface area (Å²) in [7, 11) is 0. The van der Waals surface area contributed by atoms with E-state index < -0.39 is 0 Å². The van der Waals surface area contributed by atoms with E-state index in [1.165, 1.54) is 0 Å². The smallest absolute Gasteiger partial charge is 0.231 e. The third-order valence-electron chi connectivity index (χ3n) is 2.68. The molecule has 0 saturated carbocycles. The standard InChI is InChI=1S/C11H13BrN2O2/c1-7-8(5-6-16-7)11(15)14-10-4-2-3-9(12)13-10/h2-4,7-8H,5-6H2,1H3,(H,13,14,15). The Morgan fingerprint density at radius 3 is 3.06 bits per heavy atom. The lowest BCUT2D eigenvalue weighted by molar-refractivity contribution is -0.121. The summed E-state index contributed by atoms with van der Waals surface area (Å²) in [6, 6.07) is 5.42. The van der Waals surface area contributed by atoms with Crippen LogP contribution in [0.2, 0.25) is 0 Å². The number of rotatable bonds is 2. The first-order valence-electron chi connectivity index (χ1n) is 5.22. The molecule has 0 spiro atoms. The predicted octanol–water partition coefficient (Wildman–Crippen LogP) is 2.21. The Morgan fingerprint density at radius 1 is 1.62 bits per heavy atom. The minimum Gasteiger partial charge on any atom is -0.378 e. The minimum absolute atomic E-state index is 0.00727. The van der Waals surface area contributed by atoms with Crippen molar-refractivity contribution in [3.8, 4) is 0 Å². The number of nitrogens with one attached hydrogen (secondary N) is 1. The van der Waals surface area contributed by atoms with Crippen molar-refractivity contribution in [2.24, 2.45) is 5.92 Å². The normalized spacial score (nSPS) is 24.4. The molecule has 0 radical (unpaired) electrons. The SMILES string of the molecule is CC1OCCC1C(=O)Nc1cccc(Br)n1. The number of hydrogen-bond donors (Lipinski definition) is 1. The number of hydrogen-bond acceptors (Lipinski definition) is 3. The zero-order valence-electron chi connectivity index (χ0n) is 8.94. The highest BCUT2D eigenvalue weighted by Crippen LogP contribution is 2.22. The summed E-state index contributed by atoms with van der Waals surface area (Å²) in [6.07, 6.45) is 0.772. The molecule has 0 aliphatic carbocycles. The molecule has 2 heterocycles. The maximum Gasteiger partial charge on any atom is 0.231 e. The van der Waals surface area contributed by atoms with Crippen molar-refractivity contribution in [3.63, 3.8) is 0 Å². The van der Waals surface area contributed by atoms with E-state index in [4.69, 9.17) is 4.74 Å². The van der Waals surface area contributed by atoms with Crippen molar-refractivity contribution in [1.29, 1.82) is 0 Å². The van der Waals surface area contributed by atoms with E-state index in [9.17, 15) is 4.79 Å². The number of halogens is 1. The van der Waals surface area contributed by atoms with Crippen LogP contribution in [0.15, 0.2) is 22.8 Å². The van der Waals surface area contributed by atoms with E-state index in [1.807, 2.05) is 19.1 Å². The van der Waals surface area contributed by atoms with Gasteiger partial charge < -0.3 is 10.1 Å². The summed E-state index contributed by atoms with van der Waals surface area (Å²) >= 11 is 3.26. The van der Waals surface area contributed by atoms with E-state index in [0.29, 0.717) is 17.0 Å². The summed E-state index contributed by atoms with van der Waals surface area (Å²) in [6.45, 7) is 2.58.